The molecule has 2 heterocycles. The van der Waals surface area contributed by atoms with Crippen LogP contribution in [0.15, 0.2) is 30.3 Å². The monoisotopic (exact) mass is 303 g/mol. The number of likely N-dealkylation sites (tertiary alicyclic amines) is 1. The molecular formula is C17H25N3O2. The molecule has 22 heavy (non-hydrogen) atoms. The van der Waals surface area contributed by atoms with Crippen LogP contribution in [0.25, 0.3) is 0 Å². The van der Waals surface area contributed by atoms with E-state index < -0.39 is 0 Å². The van der Waals surface area contributed by atoms with Gasteiger partial charge in [-0.3, -0.25) is 4.90 Å². The Morgan fingerprint density at radius 3 is 2.86 bits per heavy atom. The molecule has 2 saturated heterocycles. The summed E-state index contributed by atoms with van der Waals surface area (Å²) >= 11 is 0. The molecule has 0 spiro atoms. The van der Waals surface area contributed by atoms with Crippen molar-refractivity contribution in [1.29, 1.82) is 0 Å². The Balaban J connectivity index is 1.70. The number of hydrogen-bond donors (Lipinski definition) is 1. The Hall–Kier alpha value is -1.59. The standard InChI is InChI=1S/C17H25N3O2/c1-19(2)17(21)18-14-12-20(11-13-7-4-3-5-8-13)15-9-6-10-22-16(14)15/h3-5,7-8,14-16H,6,9-12H2,1-2H3,(H,18,21)/t14-,15-,16-/m1/s1. The largest absolute Gasteiger partial charge is 0.374 e. The smallest absolute Gasteiger partial charge is 0.317 e. The van der Waals surface area contributed by atoms with Gasteiger partial charge in [-0.1, -0.05) is 30.3 Å². The van der Waals surface area contributed by atoms with Crippen molar-refractivity contribution in [2.75, 3.05) is 27.2 Å². The number of rotatable bonds is 3. The summed E-state index contributed by atoms with van der Waals surface area (Å²) < 4.78 is 5.99. The molecule has 1 aromatic carbocycles. The van der Waals surface area contributed by atoms with Crippen molar-refractivity contribution in [3.8, 4) is 0 Å². The number of carbonyl (C=O) groups excluding carboxylic acids is 1. The highest BCUT2D eigenvalue weighted by Gasteiger charge is 2.44. The fraction of sp³-hybridized carbons (Fsp3) is 0.588. The molecule has 5 heteroatoms. The molecule has 2 aliphatic heterocycles. The molecule has 0 bridgehead atoms. The fourth-order valence-electron chi connectivity index (χ4n) is 3.47. The number of hydrogen-bond acceptors (Lipinski definition) is 3. The van der Waals surface area contributed by atoms with Crippen LogP contribution >= 0.6 is 0 Å². The molecule has 0 aromatic heterocycles. The van der Waals surface area contributed by atoms with Crippen LogP contribution in [-0.4, -0.2) is 61.3 Å². The van der Waals surface area contributed by atoms with Crippen molar-refractivity contribution in [1.82, 2.24) is 15.1 Å². The third-order valence-electron chi connectivity index (χ3n) is 4.57. The van der Waals surface area contributed by atoms with Crippen LogP contribution in [0.1, 0.15) is 18.4 Å². The van der Waals surface area contributed by atoms with Crippen LogP contribution in [0.3, 0.4) is 0 Å². The van der Waals surface area contributed by atoms with Crippen LogP contribution in [0.2, 0.25) is 0 Å². The Labute approximate surface area is 132 Å². The summed E-state index contributed by atoms with van der Waals surface area (Å²) in [7, 11) is 3.54. The Kier molecular flexibility index (Phi) is 4.64. The third-order valence-corrected chi connectivity index (χ3v) is 4.57. The summed E-state index contributed by atoms with van der Waals surface area (Å²) in [5.74, 6) is 0. The highest BCUT2D eigenvalue weighted by Crippen LogP contribution is 2.30. The highest BCUT2D eigenvalue weighted by molar-refractivity contribution is 5.74. The molecule has 0 saturated carbocycles. The minimum atomic E-state index is -0.0421. The molecule has 120 valence electrons. The van der Waals surface area contributed by atoms with Gasteiger partial charge >= 0.3 is 6.03 Å². The molecule has 0 unspecified atom stereocenters. The summed E-state index contributed by atoms with van der Waals surface area (Å²) in [6.07, 6.45) is 2.36. The van der Waals surface area contributed by atoms with Crippen molar-refractivity contribution in [3.63, 3.8) is 0 Å². The van der Waals surface area contributed by atoms with Gasteiger partial charge in [0.1, 0.15) is 0 Å². The SMILES string of the molecule is CN(C)C(=O)N[C@@H]1CN(Cc2ccccc2)[C@@H]2CCCO[C@@H]21. The van der Waals surface area contributed by atoms with Crippen LogP contribution in [0.5, 0.6) is 0 Å². The van der Waals surface area contributed by atoms with Gasteiger partial charge in [-0.05, 0) is 18.4 Å². The van der Waals surface area contributed by atoms with Gasteiger partial charge in [-0.2, -0.15) is 0 Å². The fourth-order valence-corrected chi connectivity index (χ4v) is 3.47. The van der Waals surface area contributed by atoms with Crippen molar-refractivity contribution < 1.29 is 9.53 Å². The van der Waals surface area contributed by atoms with Crippen LogP contribution in [0, 0.1) is 0 Å². The van der Waals surface area contributed by atoms with Gasteiger partial charge in [0.05, 0.1) is 12.1 Å². The maximum atomic E-state index is 12.0. The first kappa shape index (κ1) is 15.3. The zero-order chi connectivity index (χ0) is 15.5. The molecular weight excluding hydrogens is 278 g/mol. The Bertz CT molecular complexity index is 506. The normalized spacial score (nSPS) is 28.2. The average molecular weight is 303 g/mol. The Morgan fingerprint density at radius 1 is 1.36 bits per heavy atom. The van der Waals surface area contributed by atoms with Gasteiger partial charge < -0.3 is 15.0 Å². The number of ether oxygens (including phenoxy) is 1. The minimum Gasteiger partial charge on any atom is -0.374 e. The number of carbonyl (C=O) groups is 1. The highest BCUT2D eigenvalue weighted by atomic mass is 16.5. The maximum Gasteiger partial charge on any atom is 0.317 e. The maximum absolute atomic E-state index is 12.0. The predicted octanol–water partition coefficient (Wildman–Crippen LogP) is 1.69. The van der Waals surface area contributed by atoms with Gasteiger partial charge in [-0.25, -0.2) is 4.79 Å². The Morgan fingerprint density at radius 2 is 2.14 bits per heavy atom. The first-order valence-electron chi connectivity index (χ1n) is 8.02. The zero-order valence-corrected chi connectivity index (χ0v) is 13.4. The van der Waals surface area contributed by atoms with E-state index in [2.05, 4.69) is 34.5 Å². The van der Waals surface area contributed by atoms with E-state index >= 15 is 0 Å². The number of nitrogens with one attached hydrogen (secondary N) is 1. The van der Waals surface area contributed by atoms with Crippen molar-refractivity contribution in [2.45, 2.75) is 37.6 Å². The van der Waals surface area contributed by atoms with Gasteiger partial charge in [0, 0.05) is 39.8 Å². The number of benzene rings is 1. The quantitative estimate of drug-likeness (QED) is 0.924. The lowest BCUT2D eigenvalue weighted by molar-refractivity contribution is -0.0207. The van der Waals surface area contributed by atoms with E-state index in [4.69, 9.17) is 4.74 Å². The summed E-state index contributed by atoms with van der Waals surface area (Å²) in [6.45, 7) is 2.57. The van der Waals surface area contributed by atoms with Crippen LogP contribution in [-0.2, 0) is 11.3 Å². The van der Waals surface area contributed by atoms with Gasteiger partial charge in [0.25, 0.3) is 0 Å². The summed E-state index contributed by atoms with van der Waals surface area (Å²) in [5, 5.41) is 3.11. The predicted molar refractivity (Wildman–Crippen MR) is 85.6 cm³/mol. The van der Waals surface area contributed by atoms with E-state index in [0.29, 0.717) is 6.04 Å². The molecule has 5 nitrogen and oxygen atoms in total. The second-order valence-electron chi connectivity index (χ2n) is 6.41. The summed E-state index contributed by atoms with van der Waals surface area (Å²) in [4.78, 5) is 16.0. The number of fused-ring (bicyclic) bond motifs is 1. The van der Waals surface area contributed by atoms with Crippen molar-refractivity contribution in [3.05, 3.63) is 35.9 Å². The average Bonchev–Trinajstić information content (AvgIpc) is 2.86. The van der Waals surface area contributed by atoms with E-state index in [9.17, 15) is 4.79 Å². The number of urea groups is 1. The lowest BCUT2D eigenvalue weighted by atomic mass is 10.0. The lowest BCUT2D eigenvalue weighted by Gasteiger charge is -2.32. The van der Waals surface area contributed by atoms with Gasteiger partial charge in [0.15, 0.2) is 0 Å². The van der Waals surface area contributed by atoms with Gasteiger partial charge in [-0.15, -0.1) is 0 Å². The molecule has 2 amide bonds. The number of amides is 2. The van der Waals surface area contributed by atoms with Crippen LogP contribution < -0.4 is 5.32 Å². The minimum absolute atomic E-state index is 0.0421. The molecule has 1 aromatic rings. The van der Waals surface area contributed by atoms with E-state index in [-0.39, 0.29) is 18.2 Å². The van der Waals surface area contributed by atoms with E-state index in [1.165, 1.54) is 5.56 Å². The molecule has 0 aliphatic carbocycles. The first-order chi connectivity index (χ1) is 10.6. The van der Waals surface area contributed by atoms with E-state index in [0.717, 1.165) is 32.5 Å². The molecule has 1 N–H and O–H groups in total. The first-order valence-corrected chi connectivity index (χ1v) is 8.02. The molecule has 0 radical (unpaired) electrons. The third kappa shape index (κ3) is 3.25. The second-order valence-corrected chi connectivity index (χ2v) is 6.41. The van der Waals surface area contributed by atoms with Crippen molar-refractivity contribution >= 4 is 6.03 Å². The van der Waals surface area contributed by atoms with Gasteiger partial charge in [0.2, 0.25) is 0 Å². The van der Waals surface area contributed by atoms with E-state index in [1.54, 1.807) is 19.0 Å². The van der Waals surface area contributed by atoms with Crippen LogP contribution in [0.4, 0.5) is 4.79 Å². The lowest BCUT2D eigenvalue weighted by Crippen LogP contribution is -2.50. The topological polar surface area (TPSA) is 44.8 Å². The molecule has 2 aliphatic rings. The molecule has 2 fully saturated rings. The second kappa shape index (κ2) is 6.67. The summed E-state index contributed by atoms with van der Waals surface area (Å²) in [5.41, 5.74) is 1.31. The van der Waals surface area contributed by atoms with E-state index in [1.807, 2.05) is 6.07 Å². The summed E-state index contributed by atoms with van der Waals surface area (Å²) in [6, 6.07) is 10.9. The number of nitrogens with zero attached hydrogens (tertiary/aromatic N) is 2. The zero-order valence-electron chi connectivity index (χ0n) is 13.4. The van der Waals surface area contributed by atoms with Crippen molar-refractivity contribution in [2.24, 2.45) is 0 Å². The molecule has 3 rings (SSSR count). The molecule has 3 atom stereocenters.